The van der Waals surface area contributed by atoms with E-state index in [9.17, 15) is 18.7 Å². The predicted molar refractivity (Wildman–Crippen MR) is 108 cm³/mol. The van der Waals surface area contributed by atoms with E-state index >= 15 is 0 Å². The lowest BCUT2D eigenvalue weighted by Gasteiger charge is -2.29. The molecule has 0 saturated heterocycles. The van der Waals surface area contributed by atoms with Crippen LogP contribution in [0.3, 0.4) is 0 Å². The van der Waals surface area contributed by atoms with Crippen LogP contribution in [0, 0.1) is 24.0 Å². The van der Waals surface area contributed by atoms with Crippen molar-refractivity contribution < 1.29 is 23.4 Å². The monoisotopic (exact) mass is 417 g/mol. The van der Waals surface area contributed by atoms with E-state index in [1.807, 2.05) is 20.8 Å². The number of fused-ring (bicyclic) bond motifs is 1. The number of rotatable bonds is 6. The topological polar surface area (TPSA) is 75.9 Å². The van der Waals surface area contributed by atoms with Gasteiger partial charge in [-0.1, -0.05) is 26.8 Å². The summed E-state index contributed by atoms with van der Waals surface area (Å²) in [5.74, 6) is -1.49. The Kier molecular flexibility index (Phi) is 6.07. The second kappa shape index (κ2) is 8.39. The fraction of sp³-hybridized carbons (Fsp3) is 0.364. The zero-order valence-corrected chi connectivity index (χ0v) is 17.4. The number of aliphatic hydroxyl groups is 1. The highest BCUT2D eigenvalue weighted by Gasteiger charge is 2.28. The van der Waals surface area contributed by atoms with Crippen LogP contribution in [0.4, 0.5) is 8.78 Å². The van der Waals surface area contributed by atoms with Gasteiger partial charge in [0.15, 0.2) is 11.4 Å². The van der Waals surface area contributed by atoms with Crippen LogP contribution in [-0.4, -0.2) is 33.0 Å². The Morgan fingerprint density at radius 1 is 1.23 bits per heavy atom. The number of nitrogens with zero attached hydrogens (tertiary/aromatic N) is 2. The quantitative estimate of drug-likeness (QED) is 0.642. The standard InChI is InChI=1S/C22H25F2N3O3/c1-13-19(21(29)26-18(11-28)22(2,3)4)27-10-6-9-17(20(27)25-13)30-12-14-15(23)7-5-8-16(14)24/h5-10,18,28H,11-12H2,1-4H3,(H,26,29)/t18-/m0/s1. The van der Waals surface area contributed by atoms with Crippen LogP contribution in [0.1, 0.15) is 42.5 Å². The van der Waals surface area contributed by atoms with Gasteiger partial charge in [0.2, 0.25) is 0 Å². The van der Waals surface area contributed by atoms with Crippen molar-refractivity contribution in [2.75, 3.05) is 6.61 Å². The van der Waals surface area contributed by atoms with E-state index in [0.29, 0.717) is 17.0 Å². The van der Waals surface area contributed by atoms with Gasteiger partial charge >= 0.3 is 0 Å². The van der Waals surface area contributed by atoms with Crippen molar-refractivity contribution in [3.8, 4) is 5.75 Å². The first-order valence-corrected chi connectivity index (χ1v) is 9.58. The van der Waals surface area contributed by atoms with E-state index in [1.165, 1.54) is 6.07 Å². The van der Waals surface area contributed by atoms with Gasteiger partial charge in [-0.25, -0.2) is 13.8 Å². The molecule has 2 aromatic heterocycles. The fourth-order valence-corrected chi connectivity index (χ4v) is 3.13. The van der Waals surface area contributed by atoms with E-state index in [4.69, 9.17) is 4.74 Å². The molecular weight excluding hydrogens is 392 g/mol. The third-order valence-electron chi connectivity index (χ3n) is 4.97. The SMILES string of the molecule is Cc1nc2c(OCc3c(F)cccc3F)cccn2c1C(=O)N[C@@H](CO)C(C)(C)C. The number of benzene rings is 1. The van der Waals surface area contributed by atoms with Gasteiger partial charge in [0.25, 0.3) is 5.91 Å². The minimum absolute atomic E-state index is 0.184. The van der Waals surface area contributed by atoms with E-state index < -0.39 is 17.7 Å². The first kappa shape index (κ1) is 21.7. The van der Waals surface area contributed by atoms with Crippen LogP contribution in [0.15, 0.2) is 36.5 Å². The van der Waals surface area contributed by atoms with E-state index in [2.05, 4.69) is 10.3 Å². The lowest BCUT2D eigenvalue weighted by molar-refractivity contribution is 0.0841. The Bertz CT molecular complexity index is 1050. The lowest BCUT2D eigenvalue weighted by atomic mass is 9.87. The minimum atomic E-state index is -0.696. The molecule has 3 rings (SSSR count). The minimum Gasteiger partial charge on any atom is -0.485 e. The average molecular weight is 417 g/mol. The number of imidazole rings is 1. The third-order valence-corrected chi connectivity index (χ3v) is 4.97. The number of carbonyl (C=O) groups is 1. The largest absolute Gasteiger partial charge is 0.485 e. The number of aromatic nitrogens is 2. The van der Waals surface area contributed by atoms with Crippen molar-refractivity contribution in [1.82, 2.24) is 14.7 Å². The maximum absolute atomic E-state index is 13.9. The number of amides is 1. The molecule has 1 aromatic carbocycles. The van der Waals surface area contributed by atoms with E-state index in [-0.39, 0.29) is 35.8 Å². The van der Waals surface area contributed by atoms with Gasteiger partial charge in [-0.3, -0.25) is 9.20 Å². The molecule has 6 nitrogen and oxygen atoms in total. The summed E-state index contributed by atoms with van der Waals surface area (Å²) in [5.41, 5.74) is 0.600. The number of ether oxygens (including phenoxy) is 1. The molecule has 0 aliphatic heterocycles. The Labute approximate surface area is 173 Å². The number of pyridine rings is 1. The van der Waals surface area contributed by atoms with Crippen LogP contribution in [0.25, 0.3) is 5.65 Å². The maximum Gasteiger partial charge on any atom is 0.270 e. The van der Waals surface area contributed by atoms with Crippen LogP contribution >= 0.6 is 0 Å². The third kappa shape index (κ3) is 4.28. The summed E-state index contributed by atoms with van der Waals surface area (Å²) < 4.78 is 35.0. The van der Waals surface area contributed by atoms with Crippen LogP contribution in [0.5, 0.6) is 5.75 Å². The molecule has 0 unspecified atom stereocenters. The molecule has 160 valence electrons. The number of aryl methyl sites for hydroxylation is 1. The number of hydrogen-bond acceptors (Lipinski definition) is 4. The molecule has 0 aliphatic rings. The second-order valence-electron chi connectivity index (χ2n) is 8.18. The number of aliphatic hydroxyl groups excluding tert-OH is 1. The molecule has 8 heteroatoms. The van der Waals surface area contributed by atoms with Crippen molar-refractivity contribution in [1.29, 1.82) is 0 Å². The van der Waals surface area contributed by atoms with Crippen molar-refractivity contribution in [2.45, 2.75) is 40.3 Å². The second-order valence-corrected chi connectivity index (χ2v) is 8.18. The molecule has 2 heterocycles. The first-order chi connectivity index (χ1) is 14.1. The number of carbonyl (C=O) groups excluding carboxylic acids is 1. The molecule has 30 heavy (non-hydrogen) atoms. The van der Waals surface area contributed by atoms with Gasteiger partial charge in [-0.05, 0) is 36.6 Å². The number of halogens is 2. The molecule has 0 saturated carbocycles. The van der Waals surface area contributed by atoms with E-state index in [1.54, 1.807) is 29.7 Å². The van der Waals surface area contributed by atoms with Gasteiger partial charge in [0, 0.05) is 6.20 Å². The van der Waals surface area contributed by atoms with Crippen LogP contribution in [-0.2, 0) is 6.61 Å². The van der Waals surface area contributed by atoms with Gasteiger partial charge in [-0.2, -0.15) is 0 Å². The lowest BCUT2D eigenvalue weighted by Crippen LogP contribution is -2.46. The highest BCUT2D eigenvalue weighted by atomic mass is 19.1. The number of nitrogens with one attached hydrogen (secondary N) is 1. The normalized spacial score (nSPS) is 12.8. The smallest absolute Gasteiger partial charge is 0.270 e. The van der Waals surface area contributed by atoms with Gasteiger partial charge in [0.05, 0.1) is 23.9 Å². The summed E-state index contributed by atoms with van der Waals surface area (Å²) in [6, 6.07) is 6.45. The predicted octanol–water partition coefficient (Wildman–Crippen LogP) is 3.64. The van der Waals surface area contributed by atoms with Crippen molar-refractivity contribution in [2.24, 2.45) is 5.41 Å². The molecule has 1 amide bonds. The van der Waals surface area contributed by atoms with Crippen LogP contribution in [0.2, 0.25) is 0 Å². The molecule has 1 atom stereocenters. The summed E-state index contributed by atoms with van der Waals surface area (Å²) in [7, 11) is 0. The highest BCUT2D eigenvalue weighted by Crippen LogP contribution is 2.25. The Hall–Kier alpha value is -3.00. The Morgan fingerprint density at radius 3 is 2.50 bits per heavy atom. The van der Waals surface area contributed by atoms with Crippen molar-refractivity contribution >= 4 is 11.6 Å². The average Bonchev–Trinajstić information content (AvgIpc) is 3.01. The van der Waals surface area contributed by atoms with Gasteiger partial charge in [-0.15, -0.1) is 0 Å². The Morgan fingerprint density at radius 2 is 1.90 bits per heavy atom. The zero-order valence-electron chi connectivity index (χ0n) is 17.4. The zero-order chi connectivity index (χ0) is 22.1. The summed E-state index contributed by atoms with van der Waals surface area (Å²) in [5, 5.41) is 12.5. The maximum atomic E-state index is 13.9. The fourth-order valence-electron chi connectivity index (χ4n) is 3.13. The van der Waals surface area contributed by atoms with Gasteiger partial charge < -0.3 is 15.2 Å². The molecule has 0 fully saturated rings. The summed E-state index contributed by atoms with van der Waals surface area (Å²) >= 11 is 0. The molecule has 0 radical (unpaired) electrons. The summed E-state index contributed by atoms with van der Waals surface area (Å²) in [6.07, 6.45) is 1.66. The van der Waals surface area contributed by atoms with E-state index in [0.717, 1.165) is 12.1 Å². The van der Waals surface area contributed by atoms with Crippen molar-refractivity contribution in [3.05, 3.63) is 65.1 Å². The molecule has 0 bridgehead atoms. The molecule has 0 aliphatic carbocycles. The number of hydrogen-bond donors (Lipinski definition) is 2. The van der Waals surface area contributed by atoms with Crippen LogP contribution < -0.4 is 10.1 Å². The van der Waals surface area contributed by atoms with Gasteiger partial charge in [0.1, 0.15) is 23.9 Å². The molecule has 2 N–H and O–H groups in total. The molecule has 0 spiro atoms. The first-order valence-electron chi connectivity index (χ1n) is 9.58. The highest BCUT2D eigenvalue weighted by molar-refractivity contribution is 5.95. The molecule has 3 aromatic rings. The summed E-state index contributed by atoms with van der Waals surface area (Å²) in [6.45, 7) is 6.93. The summed E-state index contributed by atoms with van der Waals surface area (Å²) in [4.78, 5) is 17.3. The Balaban J connectivity index is 1.91. The molecular formula is C22H25F2N3O3. The van der Waals surface area contributed by atoms with Crippen molar-refractivity contribution in [3.63, 3.8) is 0 Å².